The molecule has 7 nitrogen and oxygen atoms in total. The van der Waals surface area contributed by atoms with E-state index < -0.39 is 15.4 Å². The van der Waals surface area contributed by atoms with Crippen LogP contribution >= 0.6 is 0 Å². The molecule has 2 heterocycles. The average molecular weight is 434 g/mol. The molecule has 1 saturated heterocycles. The van der Waals surface area contributed by atoms with E-state index in [4.69, 9.17) is 0 Å². The predicted molar refractivity (Wildman–Crippen MR) is 115 cm³/mol. The second-order valence-electron chi connectivity index (χ2n) is 9.21. The quantitative estimate of drug-likeness (QED) is 0.773. The van der Waals surface area contributed by atoms with E-state index >= 15 is 0 Å². The summed E-state index contributed by atoms with van der Waals surface area (Å²) in [5.74, 6) is -0.337. The third-order valence-corrected chi connectivity index (χ3v) is 8.58. The van der Waals surface area contributed by atoms with Crippen molar-refractivity contribution in [2.75, 3.05) is 24.5 Å². The topological polar surface area (TPSA) is 86.8 Å². The van der Waals surface area contributed by atoms with Gasteiger partial charge < -0.3 is 10.2 Å². The van der Waals surface area contributed by atoms with E-state index in [9.17, 15) is 18.0 Å². The van der Waals surface area contributed by atoms with Gasteiger partial charge >= 0.3 is 0 Å². The highest BCUT2D eigenvalue weighted by Crippen LogP contribution is 2.42. The molecule has 0 unspecified atom stereocenters. The summed E-state index contributed by atoms with van der Waals surface area (Å²) in [5, 5.41) is 3.03. The number of amides is 2. The summed E-state index contributed by atoms with van der Waals surface area (Å²) in [6.07, 6.45) is 7.01. The fourth-order valence-electron chi connectivity index (χ4n) is 4.87. The van der Waals surface area contributed by atoms with Gasteiger partial charge in [-0.05, 0) is 63.3 Å². The van der Waals surface area contributed by atoms with Gasteiger partial charge in [-0.3, -0.25) is 9.59 Å². The minimum atomic E-state index is -3.58. The number of hydrogen-bond acceptors (Lipinski definition) is 4. The summed E-state index contributed by atoms with van der Waals surface area (Å²) in [4.78, 5) is 27.4. The Morgan fingerprint density at radius 1 is 1.10 bits per heavy atom. The van der Waals surface area contributed by atoms with Crippen LogP contribution < -0.4 is 10.2 Å². The number of carbonyl (C=O) groups is 2. The van der Waals surface area contributed by atoms with Gasteiger partial charge in [-0.1, -0.05) is 19.3 Å². The highest BCUT2D eigenvalue weighted by Gasteiger charge is 2.45. The second-order valence-corrected chi connectivity index (χ2v) is 11.1. The lowest BCUT2D eigenvalue weighted by atomic mass is 9.86. The molecule has 2 amide bonds. The van der Waals surface area contributed by atoms with Crippen LogP contribution in [0.3, 0.4) is 0 Å². The van der Waals surface area contributed by atoms with Gasteiger partial charge in [0.2, 0.25) is 21.8 Å². The molecule has 0 spiro atoms. The Labute approximate surface area is 178 Å². The Balaban J connectivity index is 1.59. The van der Waals surface area contributed by atoms with Crippen molar-refractivity contribution < 1.29 is 18.0 Å². The van der Waals surface area contributed by atoms with E-state index in [1.165, 1.54) is 9.21 Å². The normalized spacial score (nSPS) is 22.3. The van der Waals surface area contributed by atoms with Crippen molar-refractivity contribution in [3.05, 3.63) is 23.8 Å². The lowest BCUT2D eigenvalue weighted by molar-refractivity contribution is -0.125. The van der Waals surface area contributed by atoms with Crippen molar-refractivity contribution in [1.29, 1.82) is 0 Å². The predicted octanol–water partition coefficient (Wildman–Crippen LogP) is 2.54. The van der Waals surface area contributed by atoms with Crippen LogP contribution in [0, 0.1) is 0 Å². The molecule has 0 aromatic heterocycles. The van der Waals surface area contributed by atoms with Crippen LogP contribution in [-0.2, 0) is 25.0 Å². The van der Waals surface area contributed by atoms with Crippen molar-refractivity contribution in [3.8, 4) is 0 Å². The number of fused-ring (bicyclic) bond motifs is 1. The molecular formula is C22H31N3O4S. The molecule has 0 atom stereocenters. The van der Waals surface area contributed by atoms with Gasteiger partial charge in [-0.2, -0.15) is 4.31 Å². The van der Waals surface area contributed by atoms with Gasteiger partial charge in [-0.25, -0.2) is 8.42 Å². The SMILES string of the molecule is CC1(C)C(=O)N(CC(=O)NC2CCCC2)c2ccc(S(=O)(=O)N3CCCCC3)cc21. The number of carbonyl (C=O) groups excluding carboxylic acids is 2. The van der Waals surface area contributed by atoms with Crippen LogP contribution in [-0.4, -0.2) is 50.2 Å². The first-order chi connectivity index (χ1) is 14.2. The number of anilines is 1. The molecule has 1 aromatic carbocycles. The van der Waals surface area contributed by atoms with Crippen molar-refractivity contribution in [2.45, 2.75) is 75.1 Å². The molecule has 1 aromatic rings. The minimum Gasteiger partial charge on any atom is -0.352 e. The average Bonchev–Trinajstić information content (AvgIpc) is 3.30. The zero-order chi connectivity index (χ0) is 21.5. The third kappa shape index (κ3) is 3.75. The lowest BCUT2D eigenvalue weighted by Crippen LogP contribution is -2.44. The lowest BCUT2D eigenvalue weighted by Gasteiger charge is -2.26. The van der Waals surface area contributed by atoms with Crippen molar-refractivity contribution in [3.63, 3.8) is 0 Å². The van der Waals surface area contributed by atoms with E-state index in [1.54, 1.807) is 32.0 Å². The van der Waals surface area contributed by atoms with E-state index in [-0.39, 0.29) is 29.3 Å². The molecule has 8 heteroatoms. The molecule has 4 rings (SSSR count). The maximum atomic E-state index is 13.1. The molecule has 2 aliphatic heterocycles. The van der Waals surface area contributed by atoms with Crippen LogP contribution in [0.25, 0.3) is 0 Å². The van der Waals surface area contributed by atoms with Gasteiger partial charge in [0.15, 0.2) is 0 Å². The highest BCUT2D eigenvalue weighted by molar-refractivity contribution is 7.89. The van der Waals surface area contributed by atoms with Crippen molar-refractivity contribution in [2.24, 2.45) is 0 Å². The minimum absolute atomic E-state index is 0.0377. The third-order valence-electron chi connectivity index (χ3n) is 6.69. The van der Waals surface area contributed by atoms with Crippen LogP contribution in [0.15, 0.2) is 23.1 Å². The van der Waals surface area contributed by atoms with Gasteiger partial charge in [0.25, 0.3) is 0 Å². The van der Waals surface area contributed by atoms with Crippen LogP contribution in [0.4, 0.5) is 5.69 Å². The van der Waals surface area contributed by atoms with E-state index in [0.717, 1.165) is 44.9 Å². The Morgan fingerprint density at radius 2 is 1.77 bits per heavy atom. The Bertz CT molecular complexity index is 945. The number of rotatable bonds is 5. The summed E-state index contributed by atoms with van der Waals surface area (Å²) in [6.45, 7) is 4.62. The molecule has 1 N–H and O–H groups in total. The number of benzene rings is 1. The van der Waals surface area contributed by atoms with Crippen LogP contribution in [0.2, 0.25) is 0 Å². The molecule has 30 heavy (non-hydrogen) atoms. The fraction of sp³-hybridized carbons (Fsp3) is 0.636. The summed E-state index contributed by atoms with van der Waals surface area (Å²) in [6, 6.07) is 5.08. The molecule has 3 aliphatic rings. The zero-order valence-electron chi connectivity index (χ0n) is 17.8. The van der Waals surface area contributed by atoms with Gasteiger partial charge in [0.1, 0.15) is 6.54 Å². The van der Waals surface area contributed by atoms with Crippen molar-refractivity contribution >= 4 is 27.5 Å². The first-order valence-corrected chi connectivity index (χ1v) is 12.4. The Morgan fingerprint density at radius 3 is 2.43 bits per heavy atom. The fourth-order valence-corrected chi connectivity index (χ4v) is 6.42. The van der Waals surface area contributed by atoms with Gasteiger partial charge in [-0.15, -0.1) is 0 Å². The molecule has 1 aliphatic carbocycles. The van der Waals surface area contributed by atoms with Crippen LogP contribution in [0.1, 0.15) is 64.4 Å². The number of sulfonamides is 1. The van der Waals surface area contributed by atoms with E-state index in [0.29, 0.717) is 24.3 Å². The first kappa shape index (κ1) is 21.3. The summed E-state index contributed by atoms with van der Waals surface area (Å²) < 4.78 is 27.7. The summed E-state index contributed by atoms with van der Waals surface area (Å²) >= 11 is 0. The highest BCUT2D eigenvalue weighted by atomic mass is 32.2. The molecule has 2 fully saturated rings. The second kappa shape index (κ2) is 7.96. The summed E-state index contributed by atoms with van der Waals surface area (Å²) in [7, 11) is -3.58. The van der Waals surface area contributed by atoms with E-state index in [2.05, 4.69) is 5.32 Å². The first-order valence-electron chi connectivity index (χ1n) is 11.0. The smallest absolute Gasteiger partial charge is 0.243 e. The van der Waals surface area contributed by atoms with E-state index in [1.807, 2.05) is 0 Å². The maximum absolute atomic E-state index is 13.1. The number of nitrogens with one attached hydrogen (secondary N) is 1. The Kier molecular flexibility index (Phi) is 5.66. The molecular weight excluding hydrogens is 402 g/mol. The van der Waals surface area contributed by atoms with Gasteiger partial charge in [0.05, 0.1) is 10.3 Å². The number of hydrogen-bond donors (Lipinski definition) is 1. The van der Waals surface area contributed by atoms with Gasteiger partial charge in [0, 0.05) is 24.8 Å². The number of piperidine rings is 1. The molecule has 0 radical (unpaired) electrons. The zero-order valence-corrected chi connectivity index (χ0v) is 18.6. The van der Waals surface area contributed by atoms with Crippen LogP contribution in [0.5, 0.6) is 0 Å². The van der Waals surface area contributed by atoms with Crippen molar-refractivity contribution in [1.82, 2.24) is 9.62 Å². The maximum Gasteiger partial charge on any atom is 0.243 e. The monoisotopic (exact) mass is 433 g/mol. The largest absolute Gasteiger partial charge is 0.352 e. The standard InChI is InChI=1S/C22H31N3O4S/c1-22(2)18-14-17(30(28,29)24-12-6-3-7-13-24)10-11-19(18)25(21(22)27)15-20(26)23-16-8-4-5-9-16/h10-11,14,16H,3-9,12-13,15H2,1-2H3,(H,23,26). The molecule has 0 bridgehead atoms. The molecule has 164 valence electrons. The summed E-state index contributed by atoms with van der Waals surface area (Å²) in [5.41, 5.74) is 0.416. The Hall–Kier alpha value is -1.93. The number of nitrogens with zero attached hydrogens (tertiary/aromatic N) is 2. The molecule has 1 saturated carbocycles.